The van der Waals surface area contributed by atoms with Gasteiger partial charge in [-0.25, -0.2) is 4.79 Å². The number of phenols is 1. The van der Waals surface area contributed by atoms with Crippen molar-refractivity contribution in [2.45, 2.75) is 6.18 Å². The van der Waals surface area contributed by atoms with Crippen LogP contribution in [0.25, 0.3) is 0 Å². The van der Waals surface area contributed by atoms with Crippen molar-refractivity contribution in [2.75, 3.05) is 10.6 Å². The summed E-state index contributed by atoms with van der Waals surface area (Å²) < 4.78 is 38.6. The van der Waals surface area contributed by atoms with E-state index in [9.17, 15) is 33.2 Å². The SMILES string of the molecule is O=C(Nc1cc(Cl)c([N+](=O)[O-])cc1O)Nc1ccccc1C(F)(F)F. The monoisotopic (exact) mass is 375 g/mol. The summed E-state index contributed by atoms with van der Waals surface area (Å²) in [5.41, 5.74) is -2.46. The van der Waals surface area contributed by atoms with E-state index in [1.165, 1.54) is 6.07 Å². The number of nitrogens with one attached hydrogen (secondary N) is 2. The molecule has 0 aliphatic rings. The van der Waals surface area contributed by atoms with Gasteiger partial charge in [0.1, 0.15) is 10.8 Å². The zero-order valence-electron chi connectivity index (χ0n) is 12.1. The number of benzene rings is 2. The highest BCUT2D eigenvalue weighted by Crippen LogP contribution is 2.36. The van der Waals surface area contributed by atoms with Crippen LogP contribution in [0.15, 0.2) is 36.4 Å². The molecule has 0 spiro atoms. The molecule has 0 aromatic heterocycles. The maximum absolute atomic E-state index is 12.9. The first kappa shape index (κ1) is 18.3. The van der Waals surface area contributed by atoms with Crippen LogP contribution in [0.5, 0.6) is 5.75 Å². The maximum Gasteiger partial charge on any atom is 0.418 e. The summed E-state index contributed by atoms with van der Waals surface area (Å²) in [6, 6.07) is 4.81. The zero-order valence-corrected chi connectivity index (χ0v) is 12.9. The Bertz CT molecular complexity index is 843. The third-order valence-corrected chi connectivity index (χ3v) is 3.29. The van der Waals surface area contributed by atoms with Crippen LogP contribution in [-0.4, -0.2) is 16.1 Å². The van der Waals surface area contributed by atoms with E-state index < -0.39 is 39.8 Å². The fourth-order valence-electron chi connectivity index (χ4n) is 1.91. The quantitative estimate of drug-likeness (QED) is 0.413. The number of rotatable bonds is 3. The smallest absolute Gasteiger partial charge is 0.418 e. The first-order valence-corrected chi connectivity index (χ1v) is 6.88. The molecule has 132 valence electrons. The molecule has 0 aliphatic carbocycles. The van der Waals surface area contributed by atoms with Gasteiger partial charge < -0.3 is 15.7 Å². The summed E-state index contributed by atoms with van der Waals surface area (Å²) in [6.07, 6.45) is -4.68. The molecule has 2 aromatic rings. The average Bonchev–Trinajstić information content (AvgIpc) is 2.49. The van der Waals surface area contributed by atoms with E-state index in [1.807, 2.05) is 5.32 Å². The molecule has 0 radical (unpaired) electrons. The molecule has 0 saturated heterocycles. The van der Waals surface area contributed by atoms with E-state index in [2.05, 4.69) is 5.32 Å². The van der Waals surface area contributed by atoms with Crippen LogP contribution in [0.1, 0.15) is 5.56 Å². The molecule has 0 atom stereocenters. The Morgan fingerprint density at radius 2 is 1.76 bits per heavy atom. The number of hydrogen-bond donors (Lipinski definition) is 3. The van der Waals surface area contributed by atoms with Gasteiger partial charge in [0.25, 0.3) is 5.69 Å². The highest BCUT2D eigenvalue weighted by atomic mass is 35.5. The van der Waals surface area contributed by atoms with Gasteiger partial charge in [-0.05, 0) is 18.2 Å². The lowest BCUT2D eigenvalue weighted by molar-refractivity contribution is -0.384. The number of anilines is 2. The minimum atomic E-state index is -4.68. The maximum atomic E-state index is 12.9. The van der Waals surface area contributed by atoms with Crippen molar-refractivity contribution in [3.8, 4) is 5.75 Å². The van der Waals surface area contributed by atoms with Crippen LogP contribution in [0.2, 0.25) is 5.02 Å². The number of nitro groups is 1. The van der Waals surface area contributed by atoms with E-state index in [-0.39, 0.29) is 10.7 Å². The topological polar surface area (TPSA) is 104 Å². The van der Waals surface area contributed by atoms with Gasteiger partial charge in [0, 0.05) is 0 Å². The molecule has 2 amide bonds. The Morgan fingerprint density at radius 1 is 1.16 bits per heavy atom. The molecule has 2 aromatic carbocycles. The largest absolute Gasteiger partial charge is 0.506 e. The number of phenolic OH excluding ortho intramolecular Hbond substituents is 1. The summed E-state index contributed by atoms with van der Waals surface area (Å²) >= 11 is 5.65. The number of carbonyl (C=O) groups is 1. The van der Waals surface area contributed by atoms with Gasteiger partial charge in [0.15, 0.2) is 0 Å². The van der Waals surface area contributed by atoms with Crippen molar-refractivity contribution < 1.29 is 28.0 Å². The normalized spacial score (nSPS) is 11.0. The van der Waals surface area contributed by atoms with Gasteiger partial charge in [-0.2, -0.15) is 13.2 Å². The van der Waals surface area contributed by atoms with Crippen LogP contribution in [-0.2, 0) is 6.18 Å². The Balaban J connectivity index is 2.22. The molecule has 11 heteroatoms. The summed E-state index contributed by atoms with van der Waals surface area (Å²) in [5, 5.41) is 24.1. The van der Waals surface area contributed by atoms with E-state index in [1.54, 1.807) is 0 Å². The Kier molecular flexibility index (Phi) is 5.02. The van der Waals surface area contributed by atoms with Crippen LogP contribution < -0.4 is 10.6 Å². The molecule has 2 rings (SSSR count). The second-order valence-electron chi connectivity index (χ2n) is 4.70. The van der Waals surface area contributed by atoms with Crippen molar-refractivity contribution >= 4 is 34.7 Å². The number of nitrogens with zero attached hydrogens (tertiary/aromatic N) is 1. The van der Waals surface area contributed by atoms with Gasteiger partial charge in [0.2, 0.25) is 0 Å². The Labute approximate surface area is 143 Å². The number of hydrogen-bond acceptors (Lipinski definition) is 4. The van der Waals surface area contributed by atoms with Crippen molar-refractivity contribution in [3.05, 3.63) is 57.1 Å². The molecule has 7 nitrogen and oxygen atoms in total. The minimum absolute atomic E-state index is 0.308. The van der Waals surface area contributed by atoms with Crippen molar-refractivity contribution in [2.24, 2.45) is 0 Å². The molecule has 25 heavy (non-hydrogen) atoms. The number of alkyl halides is 3. The molecular formula is C14H9ClF3N3O4. The molecule has 0 aliphatic heterocycles. The molecule has 0 fully saturated rings. The number of carbonyl (C=O) groups excluding carboxylic acids is 1. The standard InChI is InChI=1S/C14H9ClF3N3O4/c15-8-5-10(12(22)6-11(8)21(24)25)20-13(23)19-9-4-2-1-3-7(9)14(16,17)18/h1-6,22H,(H2,19,20,23). The Morgan fingerprint density at radius 3 is 2.36 bits per heavy atom. The van der Waals surface area contributed by atoms with Gasteiger partial charge >= 0.3 is 12.2 Å². The summed E-state index contributed by atoms with van der Waals surface area (Å²) in [5.74, 6) is -0.671. The second-order valence-corrected chi connectivity index (χ2v) is 5.11. The Hall–Kier alpha value is -3.01. The third kappa shape index (κ3) is 4.29. The van der Waals surface area contributed by atoms with Crippen molar-refractivity contribution in [3.63, 3.8) is 0 Å². The van der Waals surface area contributed by atoms with E-state index in [0.717, 1.165) is 24.3 Å². The summed E-state index contributed by atoms with van der Waals surface area (Å²) in [4.78, 5) is 21.7. The first-order valence-electron chi connectivity index (χ1n) is 6.50. The molecule has 3 N–H and O–H groups in total. The molecular weight excluding hydrogens is 367 g/mol. The summed E-state index contributed by atoms with van der Waals surface area (Å²) in [7, 11) is 0. The van der Waals surface area contributed by atoms with Crippen LogP contribution >= 0.6 is 11.6 Å². The van der Waals surface area contributed by atoms with Crippen molar-refractivity contribution in [1.82, 2.24) is 0 Å². The van der Waals surface area contributed by atoms with E-state index >= 15 is 0 Å². The van der Waals surface area contributed by atoms with Gasteiger partial charge in [0.05, 0.1) is 27.9 Å². The third-order valence-electron chi connectivity index (χ3n) is 2.99. The van der Waals surface area contributed by atoms with Crippen LogP contribution in [0, 0.1) is 10.1 Å². The predicted octanol–water partition coefficient (Wildman–Crippen LogP) is 4.62. The zero-order chi connectivity index (χ0) is 18.8. The summed E-state index contributed by atoms with van der Waals surface area (Å²) in [6.45, 7) is 0. The van der Waals surface area contributed by atoms with Crippen molar-refractivity contribution in [1.29, 1.82) is 0 Å². The lowest BCUT2D eigenvalue weighted by atomic mass is 10.1. The number of para-hydroxylation sites is 1. The number of halogens is 4. The highest BCUT2D eigenvalue weighted by Gasteiger charge is 2.33. The first-order chi connectivity index (χ1) is 11.6. The number of urea groups is 1. The van der Waals surface area contributed by atoms with Gasteiger partial charge in [-0.1, -0.05) is 23.7 Å². The fraction of sp³-hybridized carbons (Fsp3) is 0.0714. The molecule has 0 bridgehead atoms. The molecule has 0 unspecified atom stereocenters. The average molecular weight is 376 g/mol. The predicted molar refractivity (Wildman–Crippen MR) is 83.9 cm³/mol. The molecule has 0 heterocycles. The fourth-order valence-corrected chi connectivity index (χ4v) is 2.14. The minimum Gasteiger partial charge on any atom is -0.506 e. The van der Waals surface area contributed by atoms with Crippen LogP contribution in [0.3, 0.4) is 0 Å². The lowest BCUT2D eigenvalue weighted by Crippen LogP contribution is -2.22. The second kappa shape index (κ2) is 6.85. The number of nitro benzene ring substituents is 1. The molecule has 0 saturated carbocycles. The van der Waals surface area contributed by atoms with E-state index in [0.29, 0.717) is 6.07 Å². The van der Waals surface area contributed by atoms with Gasteiger partial charge in [-0.3, -0.25) is 10.1 Å². The van der Waals surface area contributed by atoms with Gasteiger partial charge in [-0.15, -0.1) is 0 Å². The lowest BCUT2D eigenvalue weighted by Gasteiger charge is -2.14. The number of aromatic hydroxyl groups is 1. The van der Waals surface area contributed by atoms with Crippen LogP contribution in [0.4, 0.5) is 35.0 Å². The van der Waals surface area contributed by atoms with E-state index in [4.69, 9.17) is 11.6 Å². The number of amides is 2. The highest BCUT2D eigenvalue weighted by molar-refractivity contribution is 6.33.